The van der Waals surface area contributed by atoms with Crippen molar-refractivity contribution in [3.63, 3.8) is 0 Å². The number of unbranched alkanes of at least 4 members (excludes halogenated alkanes) is 1. The Hall–Kier alpha value is -1.48. The zero-order chi connectivity index (χ0) is 25.1. The predicted octanol–water partition coefficient (Wildman–Crippen LogP) is 5.71. The minimum Gasteiger partial charge on any atom is -0.464 e. The number of carbonyl (C=O) groups is 2. The molecule has 1 aliphatic heterocycles. The molecule has 0 radical (unpaired) electrons. The molecule has 1 amide bonds. The Labute approximate surface area is 228 Å². The number of carbonyl (C=O) groups excluding carboxylic acids is 2. The van der Waals surface area contributed by atoms with Crippen LogP contribution < -0.4 is 0 Å². The van der Waals surface area contributed by atoms with Gasteiger partial charge in [-0.1, -0.05) is 40.9 Å². The number of amides is 1. The summed E-state index contributed by atoms with van der Waals surface area (Å²) in [6, 6.07) is 5.26. The lowest BCUT2D eigenvalue weighted by Gasteiger charge is -2.43. The number of ether oxygens (including phenoxy) is 1. The van der Waals surface area contributed by atoms with E-state index in [9.17, 15) is 9.59 Å². The number of esters is 1. The number of nitrogens with zero attached hydrogens (tertiary/aromatic N) is 3. The summed E-state index contributed by atoms with van der Waals surface area (Å²) < 4.78 is 7.28. The van der Waals surface area contributed by atoms with Gasteiger partial charge in [0.15, 0.2) is 0 Å². The van der Waals surface area contributed by atoms with Gasteiger partial charge < -0.3 is 9.64 Å². The van der Waals surface area contributed by atoms with Gasteiger partial charge in [0.1, 0.15) is 6.04 Å². The lowest BCUT2D eigenvalue weighted by atomic mass is 9.95. The highest BCUT2D eigenvalue weighted by Crippen LogP contribution is 2.42. The van der Waals surface area contributed by atoms with Gasteiger partial charge in [0, 0.05) is 46.2 Å². The van der Waals surface area contributed by atoms with Crippen molar-refractivity contribution in [2.45, 2.75) is 58.0 Å². The maximum absolute atomic E-state index is 13.0. The highest BCUT2D eigenvalue weighted by atomic mass is 79.9. The summed E-state index contributed by atoms with van der Waals surface area (Å²) in [5.74, 6) is -0.337. The fraction of sp³-hybridized carbons (Fsp3) is 0.500. The Bertz CT molecular complexity index is 1110. The third kappa shape index (κ3) is 5.76. The second-order valence-corrected chi connectivity index (χ2v) is 11.2. The van der Waals surface area contributed by atoms with E-state index >= 15 is 0 Å². The summed E-state index contributed by atoms with van der Waals surface area (Å²) in [7, 11) is 0. The molecule has 2 aliphatic rings. The van der Waals surface area contributed by atoms with Crippen molar-refractivity contribution in [3.05, 3.63) is 60.7 Å². The van der Waals surface area contributed by atoms with Crippen LogP contribution in [-0.2, 0) is 27.2 Å². The van der Waals surface area contributed by atoms with Crippen molar-refractivity contribution in [2.75, 3.05) is 26.2 Å². The second kappa shape index (κ2) is 11.7. The maximum Gasteiger partial charge on any atom is 0.330 e. The van der Waals surface area contributed by atoms with Gasteiger partial charge in [-0.15, -0.1) is 0 Å². The van der Waals surface area contributed by atoms with Crippen LogP contribution in [-0.4, -0.2) is 58.9 Å². The molecule has 2 heterocycles. The Morgan fingerprint density at radius 3 is 2.66 bits per heavy atom. The Kier molecular flexibility index (Phi) is 8.90. The van der Waals surface area contributed by atoms with Gasteiger partial charge in [-0.2, -0.15) is 0 Å². The molecule has 0 spiro atoms. The van der Waals surface area contributed by atoms with Gasteiger partial charge in [0.05, 0.1) is 18.3 Å². The van der Waals surface area contributed by atoms with Crippen molar-refractivity contribution in [3.8, 4) is 0 Å². The molecule has 1 aliphatic carbocycles. The monoisotopic (exact) mass is 625 g/mol. The Morgan fingerprint density at radius 2 is 1.91 bits per heavy atom. The molecule has 1 fully saturated rings. The van der Waals surface area contributed by atoms with Crippen LogP contribution in [0.25, 0.3) is 0 Å². The third-order valence-electron chi connectivity index (χ3n) is 6.74. The molecule has 2 unspecified atom stereocenters. The van der Waals surface area contributed by atoms with Crippen LogP contribution in [0.15, 0.2) is 33.3 Å². The van der Waals surface area contributed by atoms with Gasteiger partial charge in [0.25, 0.3) is 0 Å². The maximum atomic E-state index is 13.0. The molecule has 2 aromatic rings. The van der Waals surface area contributed by atoms with E-state index < -0.39 is 6.04 Å². The summed E-state index contributed by atoms with van der Waals surface area (Å²) in [6.45, 7) is 5.61. The van der Waals surface area contributed by atoms with Gasteiger partial charge in [0.2, 0.25) is 5.91 Å². The summed E-state index contributed by atoms with van der Waals surface area (Å²) >= 11 is 13.8. The first-order chi connectivity index (χ1) is 16.8. The zero-order valence-corrected chi connectivity index (χ0v) is 24.0. The summed E-state index contributed by atoms with van der Waals surface area (Å²) in [6.07, 6.45) is 5.70. The second-order valence-electron chi connectivity index (χ2n) is 9.01. The molecule has 6 nitrogen and oxygen atoms in total. The SMILES string of the molecule is CCCCC(=O)N1CCN(C2c3ncc(Br)cc3CCc3cc(Cl)cc(Br)c32)CC1C(=O)OCC. The van der Waals surface area contributed by atoms with E-state index in [1.807, 2.05) is 18.3 Å². The molecule has 2 atom stereocenters. The van der Waals surface area contributed by atoms with Gasteiger partial charge >= 0.3 is 5.97 Å². The van der Waals surface area contributed by atoms with Crippen LogP contribution in [0.4, 0.5) is 0 Å². The molecule has 0 saturated carbocycles. The number of rotatable bonds is 6. The van der Waals surface area contributed by atoms with Crippen molar-refractivity contribution < 1.29 is 14.3 Å². The first kappa shape index (κ1) is 26.6. The first-order valence-electron chi connectivity index (χ1n) is 12.2. The fourth-order valence-electron chi connectivity index (χ4n) is 5.10. The van der Waals surface area contributed by atoms with Crippen LogP contribution in [0.2, 0.25) is 5.02 Å². The highest BCUT2D eigenvalue weighted by molar-refractivity contribution is 9.10. The van der Waals surface area contributed by atoms with Crippen LogP contribution in [0.5, 0.6) is 0 Å². The Morgan fingerprint density at radius 1 is 1.14 bits per heavy atom. The van der Waals surface area contributed by atoms with E-state index in [0.717, 1.165) is 57.0 Å². The Balaban J connectivity index is 1.76. The molecule has 35 heavy (non-hydrogen) atoms. The number of hydrogen-bond acceptors (Lipinski definition) is 5. The summed E-state index contributed by atoms with van der Waals surface area (Å²) in [5.41, 5.74) is 4.43. The minimum atomic E-state index is -0.648. The normalized spacial score (nSPS) is 20.1. The average Bonchev–Trinajstić information content (AvgIpc) is 2.99. The van der Waals surface area contributed by atoms with Gasteiger partial charge in [-0.3, -0.25) is 14.7 Å². The molecule has 188 valence electrons. The smallest absolute Gasteiger partial charge is 0.330 e. The molecule has 0 bridgehead atoms. The van der Waals surface area contributed by atoms with E-state index in [0.29, 0.717) is 31.1 Å². The quantitative estimate of drug-likeness (QED) is 0.384. The number of aryl methyl sites for hydroxylation is 2. The first-order valence-corrected chi connectivity index (χ1v) is 14.1. The standard InChI is InChI=1S/C26H30Br2ClN3O3/c1-3-5-6-22(33)32-10-9-31(15-21(32)26(34)35-4-2)25-23-16(12-19(29)13-20(23)28)7-8-17-11-18(27)14-30-24(17)25/h11-14,21,25H,3-10,15H2,1-2H3. The van der Waals surface area contributed by atoms with E-state index in [2.05, 4.69) is 49.7 Å². The van der Waals surface area contributed by atoms with Gasteiger partial charge in [-0.25, -0.2) is 4.79 Å². The average molecular weight is 628 g/mol. The number of aromatic nitrogens is 1. The molecular formula is C26H30Br2ClN3O3. The topological polar surface area (TPSA) is 62.7 Å². The van der Waals surface area contributed by atoms with Crippen LogP contribution >= 0.6 is 43.5 Å². The van der Waals surface area contributed by atoms with Crippen molar-refractivity contribution in [1.82, 2.24) is 14.8 Å². The van der Waals surface area contributed by atoms with E-state index in [4.69, 9.17) is 21.3 Å². The number of hydrogen-bond donors (Lipinski definition) is 0. The molecule has 1 aromatic carbocycles. The van der Waals surface area contributed by atoms with Crippen LogP contribution in [0, 0.1) is 0 Å². The largest absolute Gasteiger partial charge is 0.464 e. The van der Waals surface area contributed by atoms with Crippen LogP contribution in [0.1, 0.15) is 61.5 Å². The number of pyridine rings is 1. The molecular weight excluding hydrogens is 598 g/mol. The van der Waals surface area contributed by atoms with Gasteiger partial charge in [-0.05, 0) is 77.0 Å². The number of benzene rings is 1. The molecule has 4 rings (SSSR count). The summed E-state index contributed by atoms with van der Waals surface area (Å²) in [5, 5.41) is 0.685. The lowest BCUT2D eigenvalue weighted by Crippen LogP contribution is -2.59. The number of halogens is 3. The number of fused-ring (bicyclic) bond motifs is 2. The molecule has 1 aromatic heterocycles. The van der Waals surface area contributed by atoms with Crippen LogP contribution in [0.3, 0.4) is 0 Å². The van der Waals surface area contributed by atoms with Crippen molar-refractivity contribution in [2.24, 2.45) is 0 Å². The molecule has 0 N–H and O–H groups in total. The lowest BCUT2D eigenvalue weighted by molar-refractivity contribution is -0.158. The van der Waals surface area contributed by atoms with E-state index in [1.54, 1.807) is 11.8 Å². The minimum absolute atomic E-state index is 0.0150. The highest BCUT2D eigenvalue weighted by Gasteiger charge is 2.41. The van der Waals surface area contributed by atoms with Crippen molar-refractivity contribution in [1.29, 1.82) is 0 Å². The summed E-state index contributed by atoms with van der Waals surface area (Å²) in [4.78, 5) is 34.9. The van der Waals surface area contributed by atoms with E-state index in [1.165, 1.54) is 0 Å². The molecule has 9 heteroatoms. The predicted molar refractivity (Wildman–Crippen MR) is 144 cm³/mol. The third-order valence-corrected chi connectivity index (χ3v) is 8.05. The molecule has 1 saturated heterocycles. The van der Waals surface area contributed by atoms with Crippen molar-refractivity contribution >= 4 is 55.3 Å². The zero-order valence-electron chi connectivity index (χ0n) is 20.0. The fourth-order valence-corrected chi connectivity index (χ4v) is 6.57. The van der Waals surface area contributed by atoms with E-state index in [-0.39, 0.29) is 24.5 Å². The number of piperazine rings is 1.